The van der Waals surface area contributed by atoms with Crippen LogP contribution >= 0.6 is 0 Å². The van der Waals surface area contributed by atoms with Gasteiger partial charge in [0.2, 0.25) is 0 Å². The fourth-order valence-corrected chi connectivity index (χ4v) is 8.37. The second-order valence-electron chi connectivity index (χ2n) is 18.1. The Bertz CT molecular complexity index is 1080. The molecule has 0 bridgehead atoms. The largest absolute Gasteiger partial charge is 0.466 e. The summed E-state index contributed by atoms with van der Waals surface area (Å²) in [6.07, 6.45) is 40.6. The summed E-state index contributed by atoms with van der Waals surface area (Å²) in [5.74, 6) is -2.23. The fourth-order valence-electron chi connectivity index (χ4n) is 8.37. The molecule has 2 saturated heterocycles. The average Bonchev–Trinajstić information content (AvgIpc) is 3.90. The van der Waals surface area contributed by atoms with Crippen LogP contribution in [0, 0.1) is 0 Å². The van der Waals surface area contributed by atoms with E-state index in [0.717, 1.165) is 103 Å². The van der Waals surface area contributed by atoms with Gasteiger partial charge in [0, 0.05) is 12.8 Å². The first kappa shape index (κ1) is 54.2. The maximum Gasteiger partial charge on any atom is 0.338 e. The molecule has 0 radical (unpaired) electrons. The second kappa shape index (κ2) is 37.6. The number of hydrogen-bond donors (Lipinski definition) is 0. The number of carbonyl (C=O) groups is 3. The maximum atomic E-state index is 13.3. The van der Waals surface area contributed by atoms with E-state index in [1.165, 1.54) is 122 Å². The quantitative estimate of drug-likeness (QED) is 0.0258. The van der Waals surface area contributed by atoms with Crippen LogP contribution in [0.3, 0.4) is 0 Å². The molecule has 9 nitrogen and oxygen atoms in total. The van der Waals surface area contributed by atoms with Gasteiger partial charge in [-0.2, -0.15) is 0 Å². The molecule has 2 aliphatic heterocycles. The Balaban J connectivity index is 1.60. The molecule has 0 aromatic heterocycles. The number of likely N-dealkylation sites (tertiary alicyclic amines) is 1. The lowest BCUT2D eigenvalue weighted by atomic mass is 10.1. The summed E-state index contributed by atoms with van der Waals surface area (Å²) < 4.78 is 29.1. The van der Waals surface area contributed by atoms with Gasteiger partial charge in [-0.1, -0.05) is 154 Å². The van der Waals surface area contributed by atoms with Crippen molar-refractivity contribution in [3.05, 3.63) is 12.2 Å². The Morgan fingerprint density at radius 3 is 1.38 bits per heavy atom. The van der Waals surface area contributed by atoms with Crippen molar-refractivity contribution in [3.63, 3.8) is 0 Å². The van der Waals surface area contributed by atoms with E-state index < -0.39 is 29.9 Å². The molecule has 0 spiro atoms. The third-order valence-corrected chi connectivity index (χ3v) is 12.2. The molecule has 9 heteroatoms. The zero-order valence-corrected chi connectivity index (χ0v) is 39.3. The van der Waals surface area contributed by atoms with Crippen LogP contribution in [0.5, 0.6) is 0 Å². The molecular formula is C51H93NO8. The van der Waals surface area contributed by atoms with E-state index in [9.17, 15) is 14.4 Å². The van der Waals surface area contributed by atoms with Gasteiger partial charge in [0.15, 0.2) is 18.0 Å². The van der Waals surface area contributed by atoms with Crippen molar-refractivity contribution in [1.82, 2.24) is 4.90 Å². The Morgan fingerprint density at radius 2 is 0.917 bits per heavy atom. The number of esters is 3. The molecule has 3 unspecified atom stereocenters. The van der Waals surface area contributed by atoms with E-state index in [4.69, 9.17) is 23.7 Å². The zero-order valence-electron chi connectivity index (χ0n) is 39.3. The van der Waals surface area contributed by atoms with Gasteiger partial charge in [-0.3, -0.25) is 4.79 Å². The van der Waals surface area contributed by atoms with Crippen molar-refractivity contribution in [3.8, 4) is 0 Å². The average molecular weight is 848 g/mol. The van der Waals surface area contributed by atoms with Crippen LogP contribution in [0.1, 0.15) is 239 Å². The Kier molecular flexibility index (Phi) is 33.9. The highest BCUT2D eigenvalue weighted by Gasteiger charge is 2.52. The van der Waals surface area contributed by atoms with Gasteiger partial charge in [0.05, 0.1) is 19.8 Å². The van der Waals surface area contributed by atoms with E-state index in [1.54, 1.807) is 0 Å². The maximum absolute atomic E-state index is 13.3. The smallest absolute Gasteiger partial charge is 0.338 e. The highest BCUT2D eigenvalue weighted by atomic mass is 16.8. The number of ether oxygens (including phenoxy) is 5. The van der Waals surface area contributed by atoms with Crippen LogP contribution in [0.15, 0.2) is 12.2 Å². The van der Waals surface area contributed by atoms with Crippen molar-refractivity contribution in [2.75, 3.05) is 39.5 Å². The normalized spacial score (nSPS) is 19.4. The first-order valence-electron chi connectivity index (χ1n) is 25.6. The fraction of sp³-hybridized carbons (Fsp3) is 0.902. The van der Waals surface area contributed by atoms with Crippen LogP contribution in [-0.4, -0.2) is 80.3 Å². The van der Waals surface area contributed by atoms with Gasteiger partial charge in [-0.15, -0.1) is 0 Å². The van der Waals surface area contributed by atoms with Gasteiger partial charge in [-0.25, -0.2) is 9.59 Å². The van der Waals surface area contributed by atoms with Gasteiger partial charge >= 0.3 is 17.9 Å². The summed E-state index contributed by atoms with van der Waals surface area (Å²) in [5.41, 5.74) is 0. The van der Waals surface area contributed by atoms with Crippen molar-refractivity contribution in [2.24, 2.45) is 0 Å². The predicted molar refractivity (Wildman–Crippen MR) is 245 cm³/mol. The van der Waals surface area contributed by atoms with Crippen molar-refractivity contribution in [1.29, 1.82) is 0 Å². The van der Waals surface area contributed by atoms with Crippen molar-refractivity contribution < 1.29 is 38.1 Å². The number of unbranched alkanes of at least 4 members (excludes halogenated alkanes) is 25. The summed E-state index contributed by atoms with van der Waals surface area (Å²) in [6.45, 7) is 10.8. The third-order valence-electron chi connectivity index (χ3n) is 12.2. The summed E-state index contributed by atoms with van der Waals surface area (Å²) in [4.78, 5) is 41.2. The van der Waals surface area contributed by atoms with Gasteiger partial charge in [0.25, 0.3) is 0 Å². The van der Waals surface area contributed by atoms with Crippen molar-refractivity contribution in [2.45, 2.75) is 257 Å². The highest BCUT2D eigenvalue weighted by Crippen LogP contribution is 2.34. The monoisotopic (exact) mass is 848 g/mol. The van der Waals surface area contributed by atoms with Crippen molar-refractivity contribution >= 4 is 17.9 Å². The number of carbonyl (C=O) groups excluding carboxylic acids is 3. The van der Waals surface area contributed by atoms with Gasteiger partial charge < -0.3 is 28.6 Å². The molecule has 0 aromatic carbocycles. The van der Waals surface area contributed by atoms with Gasteiger partial charge in [-0.05, 0) is 104 Å². The van der Waals surface area contributed by atoms with E-state index in [1.807, 2.05) is 6.92 Å². The number of hydrogen-bond acceptors (Lipinski definition) is 9. The van der Waals surface area contributed by atoms with E-state index in [0.29, 0.717) is 26.1 Å². The summed E-state index contributed by atoms with van der Waals surface area (Å²) >= 11 is 0. The Hall–Kier alpha value is -1.97. The standard InChI is InChI=1S/C51H93NO8/c1-4-6-8-10-12-14-15-16-17-18-19-20-22-24-27-36-44-57-49(54)47-48(60-51(3,59-47)39-31-32-40-52-41-33-34-42-52)50(55)58-45-37-29-25-28-35-43-56-46(53)38-30-26-23-21-13-11-9-7-5-2/h16-17,47-48H,4-15,18-45H2,1-3H3. The molecular weight excluding hydrogens is 755 g/mol. The molecule has 60 heavy (non-hydrogen) atoms. The lowest BCUT2D eigenvalue weighted by Gasteiger charge is -2.23. The van der Waals surface area contributed by atoms with Crippen LogP contribution in [0.2, 0.25) is 0 Å². The topological polar surface area (TPSA) is 101 Å². The summed E-state index contributed by atoms with van der Waals surface area (Å²) in [5, 5.41) is 0. The van der Waals surface area contributed by atoms with Gasteiger partial charge in [0.1, 0.15) is 0 Å². The number of rotatable bonds is 41. The van der Waals surface area contributed by atoms with E-state index in [-0.39, 0.29) is 12.6 Å². The van der Waals surface area contributed by atoms with Crippen LogP contribution in [0.25, 0.3) is 0 Å². The zero-order chi connectivity index (χ0) is 43.2. The molecule has 350 valence electrons. The lowest BCUT2D eigenvalue weighted by Crippen LogP contribution is -2.39. The second-order valence-corrected chi connectivity index (χ2v) is 18.1. The molecule has 2 heterocycles. The number of allylic oxidation sites excluding steroid dienone is 2. The minimum atomic E-state index is -1.13. The molecule has 2 fully saturated rings. The molecule has 2 aliphatic rings. The SMILES string of the molecule is CCCCCCCCC=CCCCCCCCCOC(=O)C1OC(C)(CCCCN2CCCC2)OC1C(=O)OCCCCCCCOC(=O)CCCCCCCCCCC. The highest BCUT2D eigenvalue weighted by molar-refractivity contribution is 5.86. The molecule has 3 atom stereocenters. The van der Waals surface area contributed by atoms with E-state index in [2.05, 4.69) is 30.9 Å². The first-order valence-corrected chi connectivity index (χ1v) is 25.6. The van der Waals surface area contributed by atoms with Crippen LogP contribution < -0.4 is 0 Å². The third kappa shape index (κ3) is 28.6. The molecule has 2 rings (SSSR count). The summed E-state index contributed by atoms with van der Waals surface area (Å²) in [6, 6.07) is 0. The molecule has 0 aromatic rings. The minimum absolute atomic E-state index is 0.0817. The molecule has 0 aliphatic carbocycles. The molecule has 0 N–H and O–H groups in total. The molecule has 0 amide bonds. The van der Waals surface area contributed by atoms with Crippen LogP contribution in [0.4, 0.5) is 0 Å². The molecule has 0 saturated carbocycles. The first-order chi connectivity index (χ1) is 29.4. The Morgan fingerprint density at radius 1 is 0.517 bits per heavy atom. The number of nitrogens with zero attached hydrogens (tertiary/aromatic N) is 1. The lowest BCUT2D eigenvalue weighted by molar-refractivity contribution is -0.184. The van der Waals surface area contributed by atoms with E-state index >= 15 is 0 Å². The minimum Gasteiger partial charge on any atom is -0.466 e. The van der Waals surface area contributed by atoms with Crippen LogP contribution in [-0.2, 0) is 38.1 Å². The Labute approximate surface area is 368 Å². The summed E-state index contributed by atoms with van der Waals surface area (Å²) in [7, 11) is 0. The predicted octanol–water partition coefficient (Wildman–Crippen LogP) is 13.3.